The van der Waals surface area contributed by atoms with Gasteiger partial charge in [0.1, 0.15) is 0 Å². The summed E-state index contributed by atoms with van der Waals surface area (Å²) in [5.41, 5.74) is 8.21. The van der Waals surface area contributed by atoms with Crippen LogP contribution in [0.1, 0.15) is 16.7 Å². The van der Waals surface area contributed by atoms with E-state index in [0.29, 0.717) is 56.1 Å². The smallest absolute Gasteiger partial charge is 0.247 e. The van der Waals surface area contributed by atoms with Crippen LogP contribution in [0, 0.1) is 24.8 Å². The van der Waals surface area contributed by atoms with Gasteiger partial charge in [-0.25, -0.2) is 19.8 Å². The second-order valence-electron chi connectivity index (χ2n) is 12.3. The molecule has 2 aromatic heterocycles. The van der Waals surface area contributed by atoms with Gasteiger partial charge < -0.3 is 0 Å². The SMILES string of the molecule is [C-]#[N+]c1ccc(-c2nc3ccc4c(-c5cccc(-c6cc(C)cc(C(F)(F)F)c6)c5)nc5ccccc5c4c3nc2-c2ccc(C#N)cc2)cc1. The van der Waals surface area contributed by atoms with Crippen LogP contribution in [0.25, 0.3) is 82.5 Å². The fraction of sp³-hybridized carbons (Fsp3) is 0.0465. The van der Waals surface area contributed by atoms with E-state index in [1.54, 1.807) is 43.3 Å². The second-order valence-corrected chi connectivity index (χ2v) is 12.3. The molecule has 5 nitrogen and oxygen atoms in total. The van der Waals surface area contributed by atoms with E-state index in [4.69, 9.17) is 21.5 Å². The zero-order valence-electron chi connectivity index (χ0n) is 27.0. The Balaban J connectivity index is 1.40. The Morgan fingerprint density at radius 1 is 0.608 bits per heavy atom. The number of hydrogen-bond donors (Lipinski definition) is 0. The summed E-state index contributed by atoms with van der Waals surface area (Å²) in [5, 5.41) is 12.0. The number of nitrogens with zero attached hydrogens (tertiary/aromatic N) is 5. The molecule has 2 heterocycles. The van der Waals surface area contributed by atoms with Crippen LogP contribution in [-0.2, 0) is 6.18 Å². The number of aryl methyl sites for hydroxylation is 1. The lowest BCUT2D eigenvalue weighted by Gasteiger charge is -2.16. The van der Waals surface area contributed by atoms with Crippen molar-refractivity contribution in [1.82, 2.24) is 15.0 Å². The standard InChI is InChI=1S/C43H24F3N5/c1-25-20-31(23-32(21-25)43(44,45)46)29-6-5-7-30(22-29)39-35-18-19-37-42(38(35)34-8-3-4-9-36(34)49-39)51-41(27-12-10-26(24-47)11-13-27)40(50-37)28-14-16-33(48-2)17-15-28/h3-23H,1H3. The molecule has 8 rings (SSSR count). The first-order valence-corrected chi connectivity index (χ1v) is 16.0. The molecule has 0 amide bonds. The minimum absolute atomic E-state index is 0.467. The molecule has 0 N–H and O–H groups in total. The summed E-state index contributed by atoms with van der Waals surface area (Å²) in [6, 6.07) is 39.7. The van der Waals surface area contributed by atoms with Gasteiger partial charge in [-0.2, -0.15) is 18.4 Å². The highest BCUT2D eigenvalue weighted by Crippen LogP contribution is 2.40. The number of hydrogen-bond acceptors (Lipinski definition) is 4. The van der Waals surface area contributed by atoms with Crippen LogP contribution in [0.15, 0.2) is 127 Å². The molecule has 0 aliphatic carbocycles. The average Bonchev–Trinajstić information content (AvgIpc) is 3.16. The van der Waals surface area contributed by atoms with Gasteiger partial charge in [-0.15, -0.1) is 0 Å². The van der Waals surface area contributed by atoms with Gasteiger partial charge in [-0.3, -0.25) is 0 Å². The molecule has 8 heteroatoms. The summed E-state index contributed by atoms with van der Waals surface area (Å²) in [6.45, 7) is 9.04. The molecule has 6 aromatic carbocycles. The molecule has 0 atom stereocenters. The van der Waals surface area contributed by atoms with Gasteiger partial charge >= 0.3 is 6.18 Å². The molecule has 242 valence electrons. The number of pyridine rings is 1. The minimum atomic E-state index is -4.46. The predicted octanol–water partition coefficient (Wildman–Crippen LogP) is 11.7. The second kappa shape index (κ2) is 12.2. The first-order chi connectivity index (χ1) is 24.7. The number of nitriles is 1. The summed E-state index contributed by atoms with van der Waals surface area (Å²) in [4.78, 5) is 19.1. The van der Waals surface area contributed by atoms with Gasteiger partial charge in [-0.05, 0) is 77.7 Å². The van der Waals surface area contributed by atoms with Crippen LogP contribution in [0.3, 0.4) is 0 Å². The Morgan fingerprint density at radius 2 is 1.29 bits per heavy atom. The lowest BCUT2D eigenvalue weighted by molar-refractivity contribution is -0.137. The van der Waals surface area contributed by atoms with Crippen LogP contribution >= 0.6 is 0 Å². The van der Waals surface area contributed by atoms with E-state index in [1.807, 2.05) is 78.9 Å². The number of para-hydroxylation sites is 1. The van der Waals surface area contributed by atoms with Crippen molar-refractivity contribution in [2.45, 2.75) is 13.1 Å². The van der Waals surface area contributed by atoms with Crippen LogP contribution in [0.4, 0.5) is 18.9 Å². The van der Waals surface area contributed by atoms with E-state index in [0.717, 1.165) is 44.4 Å². The Morgan fingerprint density at radius 3 is 2.02 bits per heavy atom. The third-order valence-electron chi connectivity index (χ3n) is 8.93. The number of alkyl halides is 3. The van der Waals surface area contributed by atoms with Crippen molar-refractivity contribution < 1.29 is 13.2 Å². The van der Waals surface area contributed by atoms with Gasteiger partial charge in [0.2, 0.25) is 0 Å². The van der Waals surface area contributed by atoms with Crippen molar-refractivity contribution in [2.75, 3.05) is 0 Å². The van der Waals surface area contributed by atoms with E-state index >= 15 is 0 Å². The van der Waals surface area contributed by atoms with Gasteiger partial charge in [0.05, 0.1) is 57.4 Å². The quantitative estimate of drug-likeness (QED) is 0.138. The summed E-state index contributed by atoms with van der Waals surface area (Å²) in [6.07, 6.45) is -4.46. The van der Waals surface area contributed by atoms with Crippen LogP contribution in [0.5, 0.6) is 0 Å². The molecule has 0 radical (unpaired) electrons. The largest absolute Gasteiger partial charge is 0.416 e. The Bertz CT molecular complexity index is 2760. The molecule has 51 heavy (non-hydrogen) atoms. The third-order valence-corrected chi connectivity index (χ3v) is 8.93. The van der Waals surface area contributed by atoms with E-state index in [2.05, 4.69) is 10.9 Å². The van der Waals surface area contributed by atoms with Crippen molar-refractivity contribution >= 4 is 38.4 Å². The molecule has 0 aliphatic rings. The van der Waals surface area contributed by atoms with Crippen molar-refractivity contribution in [3.8, 4) is 51.0 Å². The van der Waals surface area contributed by atoms with Crippen molar-refractivity contribution in [3.63, 3.8) is 0 Å². The third kappa shape index (κ3) is 5.69. The Hall–Kier alpha value is -6.90. The first-order valence-electron chi connectivity index (χ1n) is 16.0. The van der Waals surface area contributed by atoms with Crippen molar-refractivity contribution in [1.29, 1.82) is 5.26 Å². The highest BCUT2D eigenvalue weighted by molar-refractivity contribution is 6.21. The highest BCUT2D eigenvalue weighted by Gasteiger charge is 2.31. The maximum Gasteiger partial charge on any atom is 0.416 e. The number of benzene rings is 6. The Labute approximate surface area is 290 Å². The van der Waals surface area contributed by atoms with E-state index in [-0.39, 0.29) is 0 Å². The van der Waals surface area contributed by atoms with E-state index < -0.39 is 11.7 Å². The van der Waals surface area contributed by atoms with Gasteiger partial charge in [0.15, 0.2) is 5.69 Å². The highest BCUT2D eigenvalue weighted by atomic mass is 19.4. The summed E-state index contributed by atoms with van der Waals surface area (Å²) in [7, 11) is 0. The number of rotatable bonds is 4. The lowest BCUT2D eigenvalue weighted by atomic mass is 9.94. The minimum Gasteiger partial charge on any atom is -0.247 e. The monoisotopic (exact) mass is 667 g/mol. The van der Waals surface area contributed by atoms with Crippen LogP contribution in [-0.4, -0.2) is 15.0 Å². The van der Waals surface area contributed by atoms with E-state index in [9.17, 15) is 18.4 Å². The summed E-state index contributed by atoms with van der Waals surface area (Å²) >= 11 is 0. The molecule has 0 bridgehead atoms. The Kier molecular flexibility index (Phi) is 7.51. The predicted molar refractivity (Wildman–Crippen MR) is 195 cm³/mol. The molecule has 0 fully saturated rings. The number of halogens is 3. The molecule has 0 saturated heterocycles. The maximum absolute atomic E-state index is 13.7. The van der Waals surface area contributed by atoms with E-state index in [1.165, 1.54) is 6.07 Å². The summed E-state index contributed by atoms with van der Waals surface area (Å²) in [5.74, 6) is 0. The fourth-order valence-electron chi connectivity index (χ4n) is 6.53. The van der Waals surface area contributed by atoms with Crippen molar-refractivity contribution in [2.24, 2.45) is 0 Å². The van der Waals surface area contributed by atoms with Crippen LogP contribution < -0.4 is 0 Å². The molecular weight excluding hydrogens is 644 g/mol. The normalized spacial score (nSPS) is 11.5. The molecule has 0 saturated carbocycles. The fourth-order valence-corrected chi connectivity index (χ4v) is 6.53. The van der Waals surface area contributed by atoms with Gasteiger partial charge in [-0.1, -0.05) is 78.9 Å². The number of aromatic nitrogens is 3. The van der Waals surface area contributed by atoms with Crippen LogP contribution in [0.2, 0.25) is 0 Å². The molecule has 0 aliphatic heterocycles. The van der Waals surface area contributed by atoms with Gasteiger partial charge in [0, 0.05) is 27.3 Å². The topological polar surface area (TPSA) is 66.8 Å². The average molecular weight is 668 g/mol. The molecule has 8 aromatic rings. The molecule has 0 unspecified atom stereocenters. The lowest BCUT2D eigenvalue weighted by Crippen LogP contribution is -2.05. The summed E-state index contributed by atoms with van der Waals surface area (Å²) < 4.78 is 41.2. The van der Waals surface area contributed by atoms with Crippen molar-refractivity contribution in [3.05, 3.63) is 156 Å². The molecule has 0 spiro atoms. The zero-order chi connectivity index (χ0) is 35.3. The number of fused-ring (bicyclic) bond motifs is 5. The first kappa shape index (κ1) is 31.4. The van der Waals surface area contributed by atoms with Gasteiger partial charge in [0.25, 0.3) is 0 Å². The maximum atomic E-state index is 13.7. The zero-order valence-corrected chi connectivity index (χ0v) is 27.0. The molecular formula is C43H24F3N5.